The molecule has 1 rings (SSSR count). The maximum absolute atomic E-state index is 11.2. The summed E-state index contributed by atoms with van der Waals surface area (Å²) in [6, 6.07) is 4.03. The summed E-state index contributed by atoms with van der Waals surface area (Å²) in [5, 5.41) is 3.73. The second-order valence-corrected chi connectivity index (χ2v) is 3.87. The third-order valence-electron chi connectivity index (χ3n) is 1.26. The molecule has 0 saturated carbocycles. The smallest absolute Gasteiger partial charge is 0.255 e. The zero-order valence-corrected chi connectivity index (χ0v) is 7.72. The zero-order valence-electron chi connectivity index (χ0n) is 6.72. The predicted octanol–water partition coefficient (Wildman–Crippen LogP) is 1.86. The summed E-state index contributed by atoms with van der Waals surface area (Å²) in [5.74, 6) is 2.08. The molecule has 0 radical (unpaired) electrons. The molecule has 2 nitrogen and oxygen atoms in total. The Balaban J connectivity index is 2.57. The van der Waals surface area contributed by atoms with Crippen LogP contribution in [0.25, 0.3) is 0 Å². The third-order valence-corrected chi connectivity index (χ3v) is 2.33. The molecule has 0 aliphatic carbocycles. The fourth-order valence-corrected chi connectivity index (χ4v) is 1.58. The molecular formula is C8H12NOP. The van der Waals surface area contributed by atoms with Crippen LogP contribution in [-0.4, -0.2) is 11.9 Å². The molecule has 0 bridgehead atoms. The van der Waals surface area contributed by atoms with Crippen molar-refractivity contribution in [3.8, 4) is 0 Å². The average Bonchev–Trinajstić information content (AvgIpc) is 2.35. The standard InChI is InChI=1S/C8H12NOP/c1-6(2)9-8(10)7-4-3-5-11-7/h3-6,11H,1-2H3,(H,9,10). The van der Waals surface area contributed by atoms with Crippen LogP contribution in [0.15, 0.2) is 17.9 Å². The molecule has 0 aromatic carbocycles. The van der Waals surface area contributed by atoms with Crippen molar-refractivity contribution in [1.82, 2.24) is 5.32 Å². The summed E-state index contributed by atoms with van der Waals surface area (Å²) in [6.07, 6.45) is 0. The Hall–Kier alpha value is -0.750. The molecule has 1 heterocycles. The Kier molecular flexibility index (Phi) is 2.72. The van der Waals surface area contributed by atoms with Crippen molar-refractivity contribution in [1.29, 1.82) is 0 Å². The average molecular weight is 169 g/mol. The van der Waals surface area contributed by atoms with E-state index in [0.29, 0.717) is 8.19 Å². The van der Waals surface area contributed by atoms with Gasteiger partial charge in [0.2, 0.25) is 0 Å². The van der Waals surface area contributed by atoms with Gasteiger partial charge in [0.05, 0.1) is 5.30 Å². The Morgan fingerprint density at radius 3 is 2.82 bits per heavy atom. The van der Waals surface area contributed by atoms with Crippen molar-refractivity contribution in [3.05, 3.63) is 23.2 Å². The molecule has 1 unspecified atom stereocenters. The number of hydrogen-bond donors (Lipinski definition) is 1. The lowest BCUT2D eigenvalue weighted by Crippen LogP contribution is -2.29. The van der Waals surface area contributed by atoms with Crippen molar-refractivity contribution in [2.45, 2.75) is 19.9 Å². The van der Waals surface area contributed by atoms with Crippen LogP contribution in [0.2, 0.25) is 0 Å². The monoisotopic (exact) mass is 169 g/mol. The minimum absolute atomic E-state index is 0.0725. The lowest BCUT2D eigenvalue weighted by molar-refractivity contribution is 0.0947. The van der Waals surface area contributed by atoms with Gasteiger partial charge in [-0.1, -0.05) is 6.07 Å². The Labute approximate surface area is 68.1 Å². The molecule has 1 amide bonds. The zero-order chi connectivity index (χ0) is 8.27. The fraction of sp³-hybridized carbons (Fsp3) is 0.375. The van der Waals surface area contributed by atoms with Gasteiger partial charge in [-0.25, -0.2) is 0 Å². The number of amides is 1. The Bertz CT molecular complexity index is 228. The highest BCUT2D eigenvalue weighted by Crippen LogP contribution is 2.13. The van der Waals surface area contributed by atoms with Crippen LogP contribution in [0.5, 0.6) is 0 Å². The number of hydrogen-bond acceptors (Lipinski definition) is 1. The first-order valence-corrected chi connectivity index (χ1v) is 4.72. The molecule has 3 heteroatoms. The summed E-state index contributed by atoms with van der Waals surface area (Å²) in [7, 11) is 0.548. The van der Waals surface area contributed by atoms with Gasteiger partial charge < -0.3 is 5.32 Å². The maximum atomic E-state index is 11.2. The van der Waals surface area contributed by atoms with E-state index in [1.54, 1.807) is 0 Å². The highest BCUT2D eigenvalue weighted by atomic mass is 31.0. The van der Waals surface area contributed by atoms with Gasteiger partial charge in [-0.2, -0.15) is 0 Å². The van der Waals surface area contributed by atoms with E-state index in [4.69, 9.17) is 0 Å². The largest absolute Gasteiger partial charge is 0.350 e. The molecule has 0 saturated heterocycles. The van der Waals surface area contributed by atoms with E-state index in [0.717, 1.165) is 5.30 Å². The van der Waals surface area contributed by atoms with E-state index in [1.165, 1.54) is 0 Å². The lowest BCUT2D eigenvalue weighted by Gasteiger charge is -2.05. The van der Waals surface area contributed by atoms with Crippen molar-refractivity contribution >= 4 is 14.1 Å². The van der Waals surface area contributed by atoms with Crippen LogP contribution in [0.4, 0.5) is 0 Å². The first kappa shape index (κ1) is 8.35. The molecular weight excluding hydrogens is 157 g/mol. The number of carbonyl (C=O) groups excluding carboxylic acids is 1. The van der Waals surface area contributed by atoms with Gasteiger partial charge in [-0.3, -0.25) is 4.79 Å². The molecule has 1 aromatic heterocycles. The van der Waals surface area contributed by atoms with Gasteiger partial charge in [0.25, 0.3) is 5.91 Å². The number of carbonyl (C=O) groups is 1. The first-order chi connectivity index (χ1) is 5.20. The van der Waals surface area contributed by atoms with Crippen molar-refractivity contribution < 1.29 is 4.79 Å². The van der Waals surface area contributed by atoms with Gasteiger partial charge in [-0.15, -0.1) is 8.19 Å². The second kappa shape index (κ2) is 3.59. The topological polar surface area (TPSA) is 29.1 Å². The van der Waals surface area contributed by atoms with Crippen molar-refractivity contribution in [2.24, 2.45) is 0 Å². The van der Waals surface area contributed by atoms with Crippen LogP contribution in [0.3, 0.4) is 0 Å². The first-order valence-electron chi connectivity index (χ1n) is 3.64. The van der Waals surface area contributed by atoms with Gasteiger partial charge >= 0.3 is 0 Å². The number of nitrogens with one attached hydrogen (secondary N) is 1. The maximum Gasteiger partial charge on any atom is 0.255 e. The van der Waals surface area contributed by atoms with Crippen LogP contribution < -0.4 is 5.32 Å². The van der Waals surface area contributed by atoms with Crippen LogP contribution in [-0.2, 0) is 0 Å². The molecule has 1 aromatic rings. The minimum atomic E-state index is 0.0725. The second-order valence-electron chi connectivity index (χ2n) is 2.71. The molecule has 11 heavy (non-hydrogen) atoms. The van der Waals surface area contributed by atoms with E-state index in [1.807, 2.05) is 31.8 Å². The normalized spacial score (nSPS) is 10.8. The highest BCUT2D eigenvalue weighted by molar-refractivity contribution is 7.31. The fourth-order valence-electron chi connectivity index (χ4n) is 0.812. The van der Waals surface area contributed by atoms with Crippen LogP contribution >= 0.6 is 8.19 Å². The van der Waals surface area contributed by atoms with E-state index in [9.17, 15) is 4.79 Å². The van der Waals surface area contributed by atoms with Gasteiger partial charge in [0.1, 0.15) is 0 Å². The summed E-state index contributed by atoms with van der Waals surface area (Å²) >= 11 is 0. The third kappa shape index (κ3) is 2.39. The molecule has 0 fully saturated rings. The van der Waals surface area contributed by atoms with Crippen molar-refractivity contribution in [2.75, 3.05) is 0 Å². The SMILES string of the molecule is CC(C)NC(=O)c1ccc[pH]1. The van der Waals surface area contributed by atoms with E-state index in [2.05, 4.69) is 5.32 Å². The van der Waals surface area contributed by atoms with Crippen molar-refractivity contribution in [3.63, 3.8) is 0 Å². The predicted molar refractivity (Wildman–Crippen MR) is 48.5 cm³/mol. The van der Waals surface area contributed by atoms with Gasteiger partial charge in [0.15, 0.2) is 0 Å². The van der Waals surface area contributed by atoms with E-state index in [-0.39, 0.29) is 11.9 Å². The van der Waals surface area contributed by atoms with Crippen LogP contribution in [0.1, 0.15) is 23.9 Å². The number of rotatable bonds is 2. The molecule has 0 aliphatic heterocycles. The van der Waals surface area contributed by atoms with E-state index < -0.39 is 0 Å². The molecule has 60 valence electrons. The van der Waals surface area contributed by atoms with Crippen LogP contribution in [0, 0.1) is 0 Å². The summed E-state index contributed by atoms with van der Waals surface area (Å²) < 4.78 is 0. The lowest BCUT2D eigenvalue weighted by atomic mass is 10.3. The Morgan fingerprint density at radius 1 is 1.64 bits per heavy atom. The quantitative estimate of drug-likeness (QED) is 0.719. The minimum Gasteiger partial charge on any atom is -0.350 e. The summed E-state index contributed by atoms with van der Waals surface area (Å²) in [4.78, 5) is 11.2. The van der Waals surface area contributed by atoms with Gasteiger partial charge in [0, 0.05) is 6.04 Å². The highest BCUT2D eigenvalue weighted by Gasteiger charge is 2.04. The molecule has 1 N–H and O–H groups in total. The summed E-state index contributed by atoms with van der Waals surface area (Å²) in [5.41, 5.74) is 0. The van der Waals surface area contributed by atoms with Gasteiger partial charge in [-0.05, 0) is 25.7 Å². The molecule has 0 aliphatic rings. The Morgan fingerprint density at radius 2 is 2.36 bits per heavy atom. The van der Waals surface area contributed by atoms with E-state index >= 15 is 0 Å². The summed E-state index contributed by atoms with van der Waals surface area (Å²) in [6.45, 7) is 3.92. The molecule has 0 spiro atoms. The molecule has 1 atom stereocenters.